The molecule has 0 atom stereocenters. The molecule has 0 radical (unpaired) electrons. The van der Waals surface area contributed by atoms with Crippen molar-refractivity contribution in [3.05, 3.63) is 62.4 Å². The highest BCUT2D eigenvalue weighted by molar-refractivity contribution is 9.10. The largest absolute Gasteiger partial charge is 0.478 e. The minimum atomic E-state index is -1.37. The summed E-state index contributed by atoms with van der Waals surface area (Å²) in [5, 5.41) is 19.8. The van der Waals surface area contributed by atoms with Crippen molar-refractivity contribution in [1.29, 1.82) is 0 Å². The third-order valence-electron chi connectivity index (χ3n) is 2.55. The van der Waals surface area contributed by atoms with Gasteiger partial charge in [-0.05, 0) is 34.1 Å². The second-order valence-electron chi connectivity index (χ2n) is 3.87. The summed E-state index contributed by atoms with van der Waals surface area (Å²) in [4.78, 5) is 21.2. The summed E-state index contributed by atoms with van der Waals surface area (Å²) in [7, 11) is 0. The maximum Gasteiger partial charge on any atom is 0.339 e. The zero-order valence-electron chi connectivity index (χ0n) is 10.2. The Morgan fingerprint density at radius 1 is 1.29 bits per heavy atom. The average Bonchev–Trinajstić information content (AvgIpc) is 2.42. The maximum absolute atomic E-state index is 13.7. The molecular weight excluding hydrogens is 349 g/mol. The number of nitro groups is 1. The van der Waals surface area contributed by atoms with Crippen LogP contribution >= 0.6 is 15.9 Å². The van der Waals surface area contributed by atoms with Crippen molar-refractivity contribution in [2.45, 2.75) is 0 Å². The summed E-state index contributed by atoms with van der Waals surface area (Å²) in [6.45, 7) is 0. The van der Waals surface area contributed by atoms with Crippen LogP contribution in [0.2, 0.25) is 0 Å². The molecule has 0 spiro atoms. The molecule has 0 bridgehead atoms. The van der Waals surface area contributed by atoms with Crippen molar-refractivity contribution in [2.75, 3.05) is 0 Å². The van der Waals surface area contributed by atoms with Crippen molar-refractivity contribution >= 4 is 27.6 Å². The van der Waals surface area contributed by atoms with Crippen molar-refractivity contribution in [3.8, 4) is 11.5 Å². The summed E-state index contributed by atoms with van der Waals surface area (Å²) >= 11 is 2.99. The topological polar surface area (TPSA) is 89.7 Å². The van der Waals surface area contributed by atoms with Crippen LogP contribution in [0.1, 0.15) is 10.4 Å². The van der Waals surface area contributed by atoms with E-state index in [9.17, 15) is 19.3 Å². The van der Waals surface area contributed by atoms with Crippen LogP contribution in [0.3, 0.4) is 0 Å². The van der Waals surface area contributed by atoms with Crippen molar-refractivity contribution in [1.82, 2.24) is 0 Å². The summed E-state index contributed by atoms with van der Waals surface area (Å²) < 4.78 is 19.0. The first kappa shape index (κ1) is 14.9. The van der Waals surface area contributed by atoms with Gasteiger partial charge >= 0.3 is 5.97 Å². The molecule has 6 nitrogen and oxygen atoms in total. The van der Waals surface area contributed by atoms with E-state index in [0.29, 0.717) is 0 Å². The molecule has 21 heavy (non-hydrogen) atoms. The Hall–Kier alpha value is -2.48. The lowest BCUT2D eigenvalue weighted by molar-refractivity contribution is -0.385. The number of hydrogen-bond acceptors (Lipinski definition) is 4. The Bertz CT molecular complexity index is 734. The number of halogens is 2. The lowest BCUT2D eigenvalue weighted by atomic mass is 10.2. The number of rotatable bonds is 4. The Balaban J connectivity index is 2.51. The number of ether oxygens (including phenoxy) is 1. The molecule has 0 amide bonds. The molecular formula is C13H7BrFNO5. The summed E-state index contributed by atoms with van der Waals surface area (Å²) in [6, 6.07) is 7.37. The molecule has 0 aliphatic carbocycles. The Morgan fingerprint density at radius 3 is 2.57 bits per heavy atom. The number of para-hydroxylation sites is 1. The fourth-order valence-electron chi connectivity index (χ4n) is 1.61. The van der Waals surface area contributed by atoms with E-state index in [2.05, 4.69) is 15.9 Å². The van der Waals surface area contributed by atoms with E-state index in [0.717, 1.165) is 6.07 Å². The van der Waals surface area contributed by atoms with Gasteiger partial charge in [0.05, 0.1) is 4.92 Å². The summed E-state index contributed by atoms with van der Waals surface area (Å²) in [5.74, 6) is -2.82. The standard InChI is InChI=1S/C13H7BrFNO5/c14-11-9(16(19)20)5-2-6-10(11)21-12-7(13(17)18)3-1-4-8(12)15/h1-6H,(H,17,18). The Morgan fingerprint density at radius 2 is 1.95 bits per heavy atom. The molecule has 0 saturated heterocycles. The van der Waals surface area contributed by atoms with Crippen LogP contribution in [0.4, 0.5) is 10.1 Å². The minimum absolute atomic E-state index is 0.00501. The van der Waals surface area contributed by atoms with Crippen LogP contribution in [0.25, 0.3) is 0 Å². The summed E-state index contributed by atoms with van der Waals surface area (Å²) in [6.07, 6.45) is 0. The molecule has 8 heteroatoms. The molecule has 0 fully saturated rings. The second-order valence-corrected chi connectivity index (χ2v) is 4.66. The molecule has 2 aromatic rings. The number of aromatic carboxylic acids is 1. The zero-order valence-corrected chi connectivity index (χ0v) is 11.8. The summed E-state index contributed by atoms with van der Waals surface area (Å²) in [5.41, 5.74) is -0.658. The number of carboxylic acids is 1. The monoisotopic (exact) mass is 355 g/mol. The lowest BCUT2D eigenvalue weighted by Crippen LogP contribution is -2.02. The van der Waals surface area contributed by atoms with Crippen molar-refractivity contribution in [2.24, 2.45) is 0 Å². The van der Waals surface area contributed by atoms with Gasteiger partial charge in [-0.1, -0.05) is 12.1 Å². The molecule has 0 unspecified atom stereocenters. The van der Waals surface area contributed by atoms with Crippen molar-refractivity contribution in [3.63, 3.8) is 0 Å². The predicted molar refractivity (Wildman–Crippen MR) is 74.2 cm³/mol. The first-order chi connectivity index (χ1) is 9.91. The van der Waals surface area contributed by atoms with E-state index < -0.39 is 22.5 Å². The quantitative estimate of drug-likeness (QED) is 0.661. The number of carboxylic acid groups (broad SMARTS) is 1. The predicted octanol–water partition coefficient (Wildman–Crippen LogP) is 3.99. The normalized spacial score (nSPS) is 10.2. The molecule has 1 N–H and O–H groups in total. The number of nitrogens with zero attached hydrogens (tertiary/aromatic N) is 1. The molecule has 0 heterocycles. The number of hydrogen-bond donors (Lipinski definition) is 1. The van der Waals surface area contributed by atoms with Crippen LogP contribution in [0.5, 0.6) is 11.5 Å². The minimum Gasteiger partial charge on any atom is -0.478 e. The van der Waals surface area contributed by atoms with Crippen LogP contribution in [-0.4, -0.2) is 16.0 Å². The third kappa shape index (κ3) is 3.00. The fourth-order valence-corrected chi connectivity index (χ4v) is 2.10. The fraction of sp³-hybridized carbons (Fsp3) is 0. The number of nitro benzene ring substituents is 1. The van der Waals surface area contributed by atoms with Gasteiger partial charge in [0.25, 0.3) is 5.69 Å². The average molecular weight is 356 g/mol. The van der Waals surface area contributed by atoms with Gasteiger partial charge in [-0.3, -0.25) is 10.1 Å². The van der Waals surface area contributed by atoms with Gasteiger partial charge in [-0.2, -0.15) is 0 Å². The lowest BCUT2D eigenvalue weighted by Gasteiger charge is -2.11. The van der Waals surface area contributed by atoms with Gasteiger partial charge < -0.3 is 9.84 Å². The van der Waals surface area contributed by atoms with Gasteiger partial charge in [0.15, 0.2) is 11.6 Å². The maximum atomic E-state index is 13.7. The van der Waals surface area contributed by atoms with Crippen molar-refractivity contribution < 1.29 is 24.0 Å². The van der Waals surface area contributed by atoms with Crippen LogP contribution in [0, 0.1) is 15.9 Å². The smallest absolute Gasteiger partial charge is 0.339 e. The van der Waals surface area contributed by atoms with E-state index >= 15 is 0 Å². The van der Waals surface area contributed by atoms with Gasteiger partial charge in [0.1, 0.15) is 15.8 Å². The number of carbonyl (C=O) groups is 1. The van der Waals surface area contributed by atoms with Crippen LogP contribution in [-0.2, 0) is 0 Å². The van der Waals surface area contributed by atoms with E-state index in [1.165, 1.54) is 30.3 Å². The molecule has 0 aliphatic heterocycles. The van der Waals surface area contributed by atoms with E-state index in [4.69, 9.17) is 9.84 Å². The van der Waals surface area contributed by atoms with Gasteiger partial charge in [-0.25, -0.2) is 9.18 Å². The van der Waals surface area contributed by atoms with Gasteiger partial charge in [0, 0.05) is 6.07 Å². The second kappa shape index (κ2) is 5.88. The van der Waals surface area contributed by atoms with E-state index in [1.54, 1.807) is 0 Å². The third-order valence-corrected chi connectivity index (χ3v) is 3.35. The highest BCUT2D eigenvalue weighted by Crippen LogP contribution is 2.38. The molecule has 0 saturated carbocycles. The number of benzene rings is 2. The highest BCUT2D eigenvalue weighted by Gasteiger charge is 2.21. The molecule has 0 aliphatic rings. The van der Waals surface area contributed by atoms with Gasteiger partial charge in [-0.15, -0.1) is 0 Å². The first-order valence-corrected chi connectivity index (χ1v) is 6.33. The van der Waals surface area contributed by atoms with E-state index in [-0.39, 0.29) is 21.5 Å². The SMILES string of the molecule is O=C(O)c1cccc(F)c1Oc1cccc([N+](=O)[O-])c1Br. The molecule has 0 aromatic heterocycles. The molecule has 2 aromatic carbocycles. The zero-order chi connectivity index (χ0) is 15.6. The Labute approximate surface area is 126 Å². The Kier molecular flexibility index (Phi) is 4.18. The van der Waals surface area contributed by atoms with Crippen LogP contribution < -0.4 is 4.74 Å². The molecule has 108 valence electrons. The van der Waals surface area contributed by atoms with Gasteiger partial charge in [0.2, 0.25) is 0 Å². The first-order valence-electron chi connectivity index (χ1n) is 5.54. The highest BCUT2D eigenvalue weighted by atomic mass is 79.9. The van der Waals surface area contributed by atoms with Crippen LogP contribution in [0.15, 0.2) is 40.9 Å². The van der Waals surface area contributed by atoms with E-state index in [1.807, 2.05) is 0 Å². The molecule has 2 rings (SSSR count).